The average molecular weight is 292 g/mol. The van der Waals surface area contributed by atoms with Gasteiger partial charge in [0.2, 0.25) is 0 Å². The molecule has 120 valence electrons. The zero-order chi connectivity index (χ0) is 15.7. The van der Waals surface area contributed by atoms with Crippen LogP contribution in [0.4, 0.5) is 0 Å². The van der Waals surface area contributed by atoms with Crippen LogP contribution >= 0.6 is 0 Å². The average Bonchev–Trinajstić information content (AvgIpc) is 2.42. The van der Waals surface area contributed by atoms with E-state index in [2.05, 4.69) is 58.1 Å². The molecule has 1 rings (SSSR count). The zero-order valence-electron chi connectivity index (χ0n) is 14.7. The topological polar surface area (TPSA) is 25.8 Å². The fourth-order valence-corrected chi connectivity index (χ4v) is 2.49. The summed E-state index contributed by atoms with van der Waals surface area (Å²) in [7, 11) is 0. The van der Waals surface area contributed by atoms with E-state index in [9.17, 15) is 0 Å². The molecule has 0 atom stereocenters. The Bertz CT molecular complexity index is 407. The molecule has 0 aliphatic carbocycles. The van der Waals surface area contributed by atoms with Gasteiger partial charge in [-0.1, -0.05) is 52.3 Å². The molecule has 21 heavy (non-hydrogen) atoms. The van der Waals surface area contributed by atoms with Gasteiger partial charge in [-0.05, 0) is 42.7 Å². The van der Waals surface area contributed by atoms with Crippen LogP contribution in [0, 0.1) is 6.92 Å². The Morgan fingerprint density at radius 3 is 2.43 bits per heavy atom. The summed E-state index contributed by atoms with van der Waals surface area (Å²) in [5, 5.41) is 2.43. The van der Waals surface area contributed by atoms with Crippen LogP contribution in [0.2, 0.25) is 0 Å². The van der Waals surface area contributed by atoms with E-state index in [1.54, 1.807) is 0 Å². The molecule has 0 radical (unpaired) electrons. The number of unbranched alkanes of at least 4 members (excludes halogenated alkanes) is 2. The molecule has 1 aromatic carbocycles. The van der Waals surface area contributed by atoms with Crippen LogP contribution in [0.25, 0.3) is 0 Å². The summed E-state index contributed by atoms with van der Waals surface area (Å²) in [5.74, 6) is 1.10. The summed E-state index contributed by atoms with van der Waals surface area (Å²) in [5.41, 5.74) is 2.70. The predicted molar refractivity (Wildman–Crippen MR) is 91.2 cm³/mol. The van der Waals surface area contributed by atoms with Gasteiger partial charge < -0.3 is 10.1 Å². The van der Waals surface area contributed by atoms with Crippen molar-refractivity contribution in [2.24, 2.45) is 0 Å². The van der Waals surface area contributed by atoms with E-state index in [1.807, 2.05) is 0 Å². The third kappa shape index (κ3) is 6.52. The lowest BCUT2D eigenvalue weighted by Gasteiger charge is -2.24. The Morgan fingerprint density at radius 2 is 1.76 bits per heavy atom. The lowest BCUT2D eigenvalue weighted by atomic mass is 9.85. The van der Waals surface area contributed by atoms with Gasteiger partial charge in [-0.25, -0.2) is 0 Å². The van der Waals surface area contributed by atoms with Gasteiger partial charge in [0.1, 0.15) is 5.75 Å². The Morgan fingerprint density at radius 1 is 1.05 bits per heavy atom. The maximum atomic E-state index is 6.11. The highest BCUT2D eigenvalue weighted by Gasteiger charge is 2.19. The van der Waals surface area contributed by atoms with Crippen molar-refractivity contribution in [3.8, 4) is 5.75 Å². The lowest BCUT2D eigenvalue weighted by molar-refractivity contribution is -0.655. The molecule has 0 spiro atoms. The van der Waals surface area contributed by atoms with E-state index < -0.39 is 0 Å². The fraction of sp³-hybridized carbons (Fsp3) is 0.684. The van der Waals surface area contributed by atoms with Crippen molar-refractivity contribution < 1.29 is 10.1 Å². The third-order valence-corrected chi connectivity index (χ3v) is 3.83. The third-order valence-electron chi connectivity index (χ3n) is 3.83. The molecule has 0 amide bonds. The van der Waals surface area contributed by atoms with Crippen LogP contribution in [0.3, 0.4) is 0 Å². The van der Waals surface area contributed by atoms with Crippen molar-refractivity contribution in [1.29, 1.82) is 0 Å². The van der Waals surface area contributed by atoms with Crippen LogP contribution in [0.5, 0.6) is 5.75 Å². The Kier molecular flexibility index (Phi) is 7.81. The summed E-state index contributed by atoms with van der Waals surface area (Å²) in [6.45, 7) is 14.5. The SMILES string of the molecule is CCCC[NH2+]CCCCOc1c(C)cccc1C(C)(C)C. The first kappa shape index (κ1) is 18.0. The first-order chi connectivity index (χ1) is 9.96. The van der Waals surface area contributed by atoms with Crippen molar-refractivity contribution in [2.45, 2.75) is 65.7 Å². The molecule has 2 nitrogen and oxygen atoms in total. The number of benzene rings is 1. The Labute approximate surface area is 131 Å². The highest BCUT2D eigenvalue weighted by Crippen LogP contribution is 2.33. The minimum atomic E-state index is 0.134. The summed E-state index contributed by atoms with van der Waals surface area (Å²) in [4.78, 5) is 0. The van der Waals surface area contributed by atoms with Crippen molar-refractivity contribution in [3.05, 3.63) is 29.3 Å². The summed E-state index contributed by atoms with van der Waals surface area (Å²) in [6.07, 6.45) is 5.00. The Hall–Kier alpha value is -1.02. The molecule has 1 aromatic rings. The van der Waals surface area contributed by atoms with Gasteiger partial charge in [0.05, 0.1) is 19.7 Å². The highest BCUT2D eigenvalue weighted by atomic mass is 16.5. The largest absolute Gasteiger partial charge is 0.493 e. The number of aryl methyl sites for hydroxylation is 1. The zero-order valence-corrected chi connectivity index (χ0v) is 14.7. The van der Waals surface area contributed by atoms with Gasteiger partial charge in [-0.15, -0.1) is 0 Å². The predicted octanol–water partition coefficient (Wildman–Crippen LogP) is 3.82. The molecule has 0 heterocycles. The van der Waals surface area contributed by atoms with Gasteiger partial charge in [0.15, 0.2) is 0 Å². The molecule has 0 fully saturated rings. The second kappa shape index (κ2) is 9.09. The van der Waals surface area contributed by atoms with E-state index in [4.69, 9.17) is 4.74 Å². The Balaban J connectivity index is 2.38. The highest BCUT2D eigenvalue weighted by molar-refractivity contribution is 5.44. The molecule has 0 bridgehead atoms. The molecule has 0 saturated carbocycles. The van der Waals surface area contributed by atoms with E-state index in [1.165, 1.54) is 43.5 Å². The number of hydrogen-bond donors (Lipinski definition) is 1. The molecule has 0 aromatic heterocycles. The van der Waals surface area contributed by atoms with Crippen molar-refractivity contribution in [1.82, 2.24) is 0 Å². The molecule has 2 heteroatoms. The second-order valence-electron chi connectivity index (χ2n) is 6.98. The van der Waals surface area contributed by atoms with E-state index in [0.29, 0.717) is 0 Å². The van der Waals surface area contributed by atoms with Gasteiger partial charge in [0, 0.05) is 0 Å². The monoisotopic (exact) mass is 292 g/mol. The number of nitrogens with two attached hydrogens (primary N) is 1. The fourth-order valence-electron chi connectivity index (χ4n) is 2.49. The van der Waals surface area contributed by atoms with Gasteiger partial charge in [0.25, 0.3) is 0 Å². The molecule has 0 aliphatic heterocycles. The van der Waals surface area contributed by atoms with Gasteiger partial charge in [-0.2, -0.15) is 0 Å². The van der Waals surface area contributed by atoms with Crippen molar-refractivity contribution in [2.75, 3.05) is 19.7 Å². The van der Waals surface area contributed by atoms with Crippen molar-refractivity contribution in [3.63, 3.8) is 0 Å². The van der Waals surface area contributed by atoms with E-state index in [-0.39, 0.29) is 5.41 Å². The van der Waals surface area contributed by atoms with Crippen LogP contribution < -0.4 is 10.1 Å². The normalized spacial score (nSPS) is 11.7. The second-order valence-corrected chi connectivity index (χ2v) is 6.98. The molecule has 0 aliphatic rings. The summed E-state index contributed by atoms with van der Waals surface area (Å²) >= 11 is 0. The quantitative estimate of drug-likeness (QED) is 0.688. The lowest BCUT2D eigenvalue weighted by Crippen LogP contribution is -2.84. The molecule has 2 N–H and O–H groups in total. The summed E-state index contributed by atoms with van der Waals surface area (Å²) in [6, 6.07) is 6.47. The molecular weight excluding hydrogens is 258 g/mol. The first-order valence-corrected chi connectivity index (χ1v) is 8.51. The van der Waals surface area contributed by atoms with Crippen molar-refractivity contribution >= 4 is 0 Å². The number of ether oxygens (including phenoxy) is 1. The summed E-state index contributed by atoms with van der Waals surface area (Å²) < 4.78 is 6.11. The standard InChI is InChI=1S/C19H33NO/c1-6-7-13-20-14-8-9-15-21-18-16(2)11-10-12-17(18)19(3,4)5/h10-12,20H,6-9,13-15H2,1-5H3/p+1. The van der Waals surface area contributed by atoms with E-state index >= 15 is 0 Å². The van der Waals surface area contributed by atoms with Crippen LogP contribution in [-0.4, -0.2) is 19.7 Å². The number of rotatable bonds is 9. The number of hydrogen-bond acceptors (Lipinski definition) is 1. The maximum Gasteiger partial charge on any atom is 0.125 e. The van der Waals surface area contributed by atoms with Crippen LogP contribution in [0.15, 0.2) is 18.2 Å². The minimum absolute atomic E-state index is 0.134. The maximum absolute atomic E-state index is 6.11. The first-order valence-electron chi connectivity index (χ1n) is 8.51. The number of para-hydroxylation sites is 1. The molecule has 0 saturated heterocycles. The smallest absolute Gasteiger partial charge is 0.125 e. The number of quaternary nitrogens is 1. The van der Waals surface area contributed by atoms with Crippen LogP contribution in [-0.2, 0) is 5.41 Å². The van der Waals surface area contributed by atoms with Gasteiger partial charge in [-0.3, -0.25) is 0 Å². The van der Waals surface area contributed by atoms with Crippen LogP contribution in [0.1, 0.15) is 64.5 Å². The van der Waals surface area contributed by atoms with Gasteiger partial charge >= 0.3 is 0 Å². The molecule has 0 unspecified atom stereocenters. The van der Waals surface area contributed by atoms with E-state index in [0.717, 1.165) is 18.8 Å². The molecular formula is C19H34NO+. The minimum Gasteiger partial charge on any atom is -0.493 e.